The summed E-state index contributed by atoms with van der Waals surface area (Å²) in [5.41, 5.74) is 3.16. The highest BCUT2D eigenvalue weighted by atomic mass is 127. The third-order valence-corrected chi connectivity index (χ3v) is 5.94. The molecule has 0 saturated heterocycles. The van der Waals surface area contributed by atoms with E-state index in [4.69, 9.17) is 0 Å². The topological polar surface area (TPSA) is 17.1 Å². The molecule has 19 heavy (non-hydrogen) atoms. The zero-order valence-corrected chi connectivity index (χ0v) is 14.8. The van der Waals surface area contributed by atoms with Crippen molar-refractivity contribution in [3.8, 4) is 0 Å². The highest BCUT2D eigenvalue weighted by molar-refractivity contribution is 14.1. The molecule has 0 aromatic rings. The number of alkyl halides is 1. The number of unbranched alkanes of at least 4 members (excludes halogenated alkanes) is 1. The van der Waals surface area contributed by atoms with Gasteiger partial charge in [0.15, 0.2) is 5.78 Å². The van der Waals surface area contributed by atoms with Gasteiger partial charge in [-0.15, -0.1) is 0 Å². The molecule has 0 heterocycles. The van der Waals surface area contributed by atoms with Crippen LogP contribution in [0.5, 0.6) is 0 Å². The Hall–Kier alpha value is 0.140. The molecule has 0 aromatic heterocycles. The van der Waals surface area contributed by atoms with E-state index in [1.165, 1.54) is 41.3 Å². The number of hydrogen-bond acceptors (Lipinski definition) is 1. The van der Waals surface area contributed by atoms with Crippen LogP contribution in [-0.2, 0) is 4.79 Å². The van der Waals surface area contributed by atoms with E-state index in [1.807, 2.05) is 0 Å². The first-order chi connectivity index (χ1) is 9.04. The lowest BCUT2D eigenvalue weighted by Crippen LogP contribution is -2.03. The van der Waals surface area contributed by atoms with Crippen LogP contribution in [0.1, 0.15) is 65.7 Å². The van der Waals surface area contributed by atoms with Gasteiger partial charge in [-0.2, -0.15) is 0 Å². The zero-order valence-electron chi connectivity index (χ0n) is 12.6. The molecule has 0 bridgehead atoms. The maximum absolute atomic E-state index is 12.3. The summed E-state index contributed by atoms with van der Waals surface area (Å²) >= 11 is 2.44. The van der Waals surface area contributed by atoms with E-state index in [2.05, 4.69) is 43.4 Å². The SMILES string of the molecule is CCCC[C@H]1[C@@H](C2=C(CCCI)CCC2=O)C1(C)C. The maximum atomic E-state index is 12.3. The Morgan fingerprint density at radius 1 is 1.26 bits per heavy atom. The van der Waals surface area contributed by atoms with Crippen molar-refractivity contribution in [3.05, 3.63) is 11.1 Å². The molecule has 0 aromatic carbocycles. The molecule has 1 fully saturated rings. The van der Waals surface area contributed by atoms with Gasteiger partial charge >= 0.3 is 0 Å². The van der Waals surface area contributed by atoms with Gasteiger partial charge in [-0.05, 0) is 52.9 Å². The van der Waals surface area contributed by atoms with Gasteiger partial charge in [-0.3, -0.25) is 4.79 Å². The average Bonchev–Trinajstić information content (AvgIpc) is 2.71. The predicted octanol–water partition coefficient (Wildman–Crippen LogP) is 5.32. The summed E-state index contributed by atoms with van der Waals surface area (Å²) in [5, 5.41) is 0. The number of rotatable bonds is 7. The first-order valence-corrected chi connectivity index (χ1v) is 9.37. The van der Waals surface area contributed by atoms with E-state index >= 15 is 0 Å². The molecule has 0 spiro atoms. The van der Waals surface area contributed by atoms with Crippen molar-refractivity contribution in [1.29, 1.82) is 0 Å². The fraction of sp³-hybridized carbons (Fsp3) is 0.824. The van der Waals surface area contributed by atoms with Crippen molar-refractivity contribution < 1.29 is 4.79 Å². The summed E-state index contributed by atoms with van der Waals surface area (Å²) in [5.74, 6) is 1.82. The Morgan fingerprint density at radius 3 is 2.63 bits per heavy atom. The lowest BCUT2D eigenvalue weighted by atomic mass is 9.97. The van der Waals surface area contributed by atoms with Gasteiger partial charge in [-0.25, -0.2) is 0 Å². The molecular weight excluding hydrogens is 347 g/mol. The number of Topliss-reactive ketones (excluding diaryl/α,β-unsaturated/α-hetero) is 1. The van der Waals surface area contributed by atoms with Crippen LogP contribution in [0.4, 0.5) is 0 Å². The van der Waals surface area contributed by atoms with Crippen molar-refractivity contribution in [2.45, 2.75) is 65.7 Å². The Balaban J connectivity index is 2.12. The number of carbonyl (C=O) groups is 1. The largest absolute Gasteiger partial charge is 0.295 e. The van der Waals surface area contributed by atoms with E-state index in [-0.39, 0.29) is 0 Å². The summed E-state index contributed by atoms with van der Waals surface area (Å²) in [4.78, 5) is 12.3. The van der Waals surface area contributed by atoms with Crippen molar-refractivity contribution in [2.75, 3.05) is 4.43 Å². The summed E-state index contributed by atoms with van der Waals surface area (Å²) in [6, 6.07) is 0. The molecule has 1 nitrogen and oxygen atoms in total. The van der Waals surface area contributed by atoms with Crippen molar-refractivity contribution >= 4 is 28.4 Å². The second kappa shape index (κ2) is 6.28. The van der Waals surface area contributed by atoms with Gasteiger partial charge < -0.3 is 0 Å². The average molecular weight is 374 g/mol. The molecule has 108 valence electrons. The summed E-state index contributed by atoms with van der Waals surface area (Å²) in [6.45, 7) is 7.00. The van der Waals surface area contributed by atoms with Crippen LogP contribution in [0.15, 0.2) is 11.1 Å². The van der Waals surface area contributed by atoms with Gasteiger partial charge in [0.25, 0.3) is 0 Å². The summed E-state index contributed by atoms with van der Waals surface area (Å²) < 4.78 is 1.20. The van der Waals surface area contributed by atoms with Crippen LogP contribution in [0.2, 0.25) is 0 Å². The van der Waals surface area contributed by atoms with Gasteiger partial charge in [-0.1, -0.05) is 61.8 Å². The summed E-state index contributed by atoms with van der Waals surface area (Å²) in [7, 11) is 0. The molecule has 0 unspecified atom stereocenters. The van der Waals surface area contributed by atoms with Gasteiger partial charge in [0.05, 0.1) is 0 Å². The lowest BCUT2D eigenvalue weighted by molar-refractivity contribution is -0.115. The Labute approximate surface area is 131 Å². The van der Waals surface area contributed by atoms with Crippen LogP contribution in [0.25, 0.3) is 0 Å². The third-order valence-electron chi connectivity index (χ3n) is 5.18. The van der Waals surface area contributed by atoms with Gasteiger partial charge in [0, 0.05) is 6.42 Å². The number of allylic oxidation sites excluding steroid dienone is 2. The normalized spacial score (nSPS) is 29.2. The van der Waals surface area contributed by atoms with Crippen LogP contribution in [0.3, 0.4) is 0 Å². The Bertz CT molecular complexity index is 381. The summed E-state index contributed by atoms with van der Waals surface area (Å²) in [6.07, 6.45) is 8.14. The van der Waals surface area contributed by atoms with Crippen molar-refractivity contribution in [1.82, 2.24) is 0 Å². The quantitative estimate of drug-likeness (QED) is 0.435. The fourth-order valence-corrected chi connectivity index (χ4v) is 4.33. The van der Waals surface area contributed by atoms with E-state index in [1.54, 1.807) is 0 Å². The molecule has 1 saturated carbocycles. The van der Waals surface area contributed by atoms with Gasteiger partial charge in [0.1, 0.15) is 0 Å². The maximum Gasteiger partial charge on any atom is 0.159 e. The molecule has 2 heteroatoms. The van der Waals surface area contributed by atoms with Crippen LogP contribution >= 0.6 is 22.6 Å². The van der Waals surface area contributed by atoms with Crippen LogP contribution in [-0.4, -0.2) is 10.2 Å². The smallest absolute Gasteiger partial charge is 0.159 e. The Kier molecular flexibility index (Phi) is 5.13. The van der Waals surface area contributed by atoms with E-state index < -0.39 is 0 Å². The van der Waals surface area contributed by atoms with E-state index in [0.29, 0.717) is 17.1 Å². The Morgan fingerprint density at radius 2 is 2.00 bits per heavy atom. The minimum atomic E-state index is 0.375. The monoisotopic (exact) mass is 374 g/mol. The third kappa shape index (κ3) is 3.08. The molecule has 2 aliphatic rings. The first kappa shape index (κ1) is 15.5. The molecule has 0 N–H and O–H groups in total. The molecule has 0 radical (unpaired) electrons. The second-order valence-electron chi connectivity index (χ2n) is 6.78. The van der Waals surface area contributed by atoms with Crippen LogP contribution < -0.4 is 0 Å². The number of ketones is 1. The second-order valence-corrected chi connectivity index (χ2v) is 7.86. The predicted molar refractivity (Wildman–Crippen MR) is 89.7 cm³/mol. The lowest BCUT2D eigenvalue weighted by Gasteiger charge is -2.07. The number of hydrogen-bond donors (Lipinski definition) is 0. The number of halogens is 1. The molecule has 0 amide bonds. The molecule has 2 rings (SSSR count). The van der Waals surface area contributed by atoms with Crippen molar-refractivity contribution in [3.63, 3.8) is 0 Å². The van der Waals surface area contributed by atoms with Gasteiger partial charge in [0.2, 0.25) is 0 Å². The molecule has 2 atom stereocenters. The highest BCUT2D eigenvalue weighted by Gasteiger charge is 2.60. The molecule has 2 aliphatic carbocycles. The van der Waals surface area contributed by atoms with Crippen LogP contribution in [0, 0.1) is 17.3 Å². The minimum Gasteiger partial charge on any atom is -0.295 e. The zero-order chi connectivity index (χ0) is 14.0. The van der Waals surface area contributed by atoms with E-state index in [9.17, 15) is 4.79 Å². The highest BCUT2D eigenvalue weighted by Crippen LogP contribution is 2.65. The standard InChI is InChI=1S/C17H27IO/c1-4-5-8-13-16(17(13,2)3)15-12(7-6-11-18)9-10-14(15)19/h13,16H,4-11H2,1-3H3/t13-,16-/m0/s1. The molecular formula is C17H27IO. The first-order valence-electron chi connectivity index (χ1n) is 7.85. The molecule has 0 aliphatic heterocycles. The minimum absolute atomic E-state index is 0.375. The number of carbonyl (C=O) groups excluding carboxylic acids is 1. The van der Waals surface area contributed by atoms with Crippen molar-refractivity contribution in [2.24, 2.45) is 17.3 Å². The van der Waals surface area contributed by atoms with E-state index in [0.717, 1.165) is 25.2 Å². The fourth-order valence-electron chi connectivity index (χ4n) is 3.94.